The van der Waals surface area contributed by atoms with Crippen molar-refractivity contribution in [3.05, 3.63) is 0 Å². The predicted molar refractivity (Wildman–Crippen MR) is 25.9 cm³/mol. The minimum absolute atomic E-state index is 0.465. The quantitative estimate of drug-likeness (QED) is 0.448. The smallest absolute Gasteiger partial charge is 0.0878 e. The highest BCUT2D eigenvalue weighted by atomic mass is 16.3. The van der Waals surface area contributed by atoms with E-state index in [0.717, 1.165) is 12.8 Å². The van der Waals surface area contributed by atoms with Crippen molar-refractivity contribution in [3.63, 3.8) is 0 Å². The summed E-state index contributed by atoms with van der Waals surface area (Å²) in [5.74, 6) is 0. The lowest BCUT2D eigenvalue weighted by molar-refractivity contribution is -0.131. The topological polar surface area (TPSA) is 40.5 Å². The molecule has 0 amide bonds. The summed E-state index contributed by atoms with van der Waals surface area (Å²) in [7, 11) is 0. The van der Waals surface area contributed by atoms with E-state index in [1.165, 1.54) is 0 Å². The van der Waals surface area contributed by atoms with Gasteiger partial charge in [0, 0.05) is 0 Å². The molecule has 0 aliphatic heterocycles. The van der Waals surface area contributed by atoms with Gasteiger partial charge in [0.05, 0.1) is 11.7 Å². The van der Waals surface area contributed by atoms with Crippen molar-refractivity contribution in [1.29, 1.82) is 0 Å². The fourth-order valence-electron chi connectivity index (χ4n) is 0.691. The molecule has 0 saturated heterocycles. The Bertz CT molecular complexity index is 78.1. The van der Waals surface area contributed by atoms with Gasteiger partial charge in [-0.15, -0.1) is 0 Å². The lowest BCUT2D eigenvalue weighted by Crippen LogP contribution is -2.48. The van der Waals surface area contributed by atoms with E-state index in [9.17, 15) is 0 Å². The first-order chi connectivity index (χ1) is 3.13. The first-order valence-electron chi connectivity index (χ1n) is 2.53. The highest BCUT2D eigenvalue weighted by Crippen LogP contribution is 2.30. The Hall–Kier alpha value is -0.0800. The largest absolute Gasteiger partial charge is 0.390 e. The van der Waals surface area contributed by atoms with Crippen LogP contribution in [-0.4, -0.2) is 21.9 Å². The zero-order chi connectivity index (χ0) is 5.49. The standard InChI is InChI=1S/C5H10O2/c1-5(7)3-2-4(5)6/h4,6-7H,2-3H2,1H3/t4-,5-/m1/s1. The summed E-state index contributed by atoms with van der Waals surface area (Å²) in [5.41, 5.74) is -0.764. The summed E-state index contributed by atoms with van der Waals surface area (Å²) in [6, 6.07) is 0. The zero-order valence-electron chi connectivity index (χ0n) is 4.39. The van der Waals surface area contributed by atoms with Gasteiger partial charge in [0.2, 0.25) is 0 Å². The van der Waals surface area contributed by atoms with Crippen molar-refractivity contribution in [3.8, 4) is 0 Å². The molecule has 1 saturated carbocycles. The van der Waals surface area contributed by atoms with E-state index >= 15 is 0 Å². The van der Waals surface area contributed by atoms with Crippen LogP contribution < -0.4 is 0 Å². The molecule has 0 unspecified atom stereocenters. The molecule has 0 aromatic carbocycles. The van der Waals surface area contributed by atoms with Gasteiger partial charge >= 0.3 is 0 Å². The average Bonchev–Trinajstić information content (AvgIpc) is 1.63. The van der Waals surface area contributed by atoms with Crippen molar-refractivity contribution in [2.24, 2.45) is 0 Å². The van der Waals surface area contributed by atoms with Crippen molar-refractivity contribution in [2.75, 3.05) is 0 Å². The number of hydrogen-bond donors (Lipinski definition) is 2. The summed E-state index contributed by atoms with van der Waals surface area (Å²) < 4.78 is 0. The van der Waals surface area contributed by atoms with Crippen LogP contribution in [0.25, 0.3) is 0 Å². The highest BCUT2D eigenvalue weighted by molar-refractivity contribution is 4.91. The number of rotatable bonds is 0. The fraction of sp³-hybridized carbons (Fsp3) is 1.00. The molecule has 2 nitrogen and oxygen atoms in total. The van der Waals surface area contributed by atoms with E-state index < -0.39 is 11.7 Å². The molecule has 1 fully saturated rings. The molecular formula is C5H10O2. The van der Waals surface area contributed by atoms with Crippen LogP contribution in [0.5, 0.6) is 0 Å². The summed E-state index contributed by atoms with van der Waals surface area (Å²) in [5, 5.41) is 17.7. The molecule has 2 atom stereocenters. The van der Waals surface area contributed by atoms with Crippen LogP contribution in [-0.2, 0) is 0 Å². The van der Waals surface area contributed by atoms with Gasteiger partial charge in [-0.2, -0.15) is 0 Å². The zero-order valence-corrected chi connectivity index (χ0v) is 4.39. The lowest BCUT2D eigenvalue weighted by atomic mass is 9.79. The Morgan fingerprint density at radius 2 is 2.14 bits per heavy atom. The van der Waals surface area contributed by atoms with Crippen LogP contribution in [0.3, 0.4) is 0 Å². The second-order valence-corrected chi connectivity index (χ2v) is 2.41. The predicted octanol–water partition coefficient (Wildman–Crippen LogP) is -0.108. The third-order valence-corrected chi connectivity index (χ3v) is 1.64. The van der Waals surface area contributed by atoms with E-state index in [-0.39, 0.29) is 0 Å². The first kappa shape index (κ1) is 5.06. The molecule has 2 N–H and O–H groups in total. The second kappa shape index (κ2) is 1.20. The third-order valence-electron chi connectivity index (χ3n) is 1.64. The van der Waals surface area contributed by atoms with E-state index in [1.807, 2.05) is 0 Å². The SMILES string of the molecule is C[C@@]1(O)CC[C@H]1O. The fourth-order valence-corrected chi connectivity index (χ4v) is 0.691. The number of aliphatic hydroxyl groups is 2. The van der Waals surface area contributed by atoms with Crippen LogP contribution >= 0.6 is 0 Å². The summed E-state index contributed by atoms with van der Waals surface area (Å²) in [4.78, 5) is 0. The van der Waals surface area contributed by atoms with Crippen molar-refractivity contribution >= 4 is 0 Å². The van der Waals surface area contributed by atoms with E-state index in [1.54, 1.807) is 6.92 Å². The Kier molecular flexibility index (Phi) is 0.869. The Labute approximate surface area is 42.8 Å². The average molecular weight is 102 g/mol. The summed E-state index contributed by atoms with van der Waals surface area (Å²) in [6.45, 7) is 1.65. The maximum absolute atomic E-state index is 8.93. The van der Waals surface area contributed by atoms with Crippen molar-refractivity contribution < 1.29 is 10.2 Å². The first-order valence-corrected chi connectivity index (χ1v) is 2.53. The monoisotopic (exact) mass is 102 g/mol. The summed E-state index contributed by atoms with van der Waals surface area (Å²) in [6.07, 6.45) is 1.04. The molecule has 0 heterocycles. The molecule has 0 spiro atoms. The number of hydrogen-bond acceptors (Lipinski definition) is 2. The van der Waals surface area contributed by atoms with Crippen LogP contribution in [0.4, 0.5) is 0 Å². The Morgan fingerprint density at radius 3 is 2.14 bits per heavy atom. The van der Waals surface area contributed by atoms with Crippen LogP contribution in [0.2, 0.25) is 0 Å². The maximum atomic E-state index is 8.93. The van der Waals surface area contributed by atoms with E-state index in [2.05, 4.69) is 0 Å². The van der Waals surface area contributed by atoms with Gasteiger partial charge in [0.1, 0.15) is 0 Å². The second-order valence-electron chi connectivity index (χ2n) is 2.41. The minimum Gasteiger partial charge on any atom is -0.390 e. The molecule has 2 heteroatoms. The van der Waals surface area contributed by atoms with Gasteiger partial charge in [-0.1, -0.05) is 0 Å². The Balaban J connectivity index is 2.43. The van der Waals surface area contributed by atoms with Crippen LogP contribution in [0.15, 0.2) is 0 Å². The summed E-state index contributed by atoms with van der Waals surface area (Å²) >= 11 is 0. The third kappa shape index (κ3) is 0.640. The molecule has 0 bridgehead atoms. The van der Waals surface area contributed by atoms with Gasteiger partial charge in [-0.05, 0) is 19.8 Å². The molecular weight excluding hydrogens is 92.1 g/mol. The normalized spacial score (nSPS) is 51.0. The highest BCUT2D eigenvalue weighted by Gasteiger charge is 2.39. The van der Waals surface area contributed by atoms with E-state index in [0.29, 0.717) is 0 Å². The molecule has 1 aliphatic carbocycles. The maximum Gasteiger partial charge on any atom is 0.0878 e. The Morgan fingerprint density at radius 1 is 1.71 bits per heavy atom. The molecule has 0 radical (unpaired) electrons. The molecule has 1 rings (SSSR count). The molecule has 0 aromatic heterocycles. The van der Waals surface area contributed by atoms with Gasteiger partial charge in [0.15, 0.2) is 0 Å². The lowest BCUT2D eigenvalue weighted by Gasteiger charge is -2.38. The van der Waals surface area contributed by atoms with Crippen molar-refractivity contribution in [1.82, 2.24) is 0 Å². The molecule has 0 aromatic rings. The number of aliphatic hydroxyl groups excluding tert-OH is 1. The van der Waals surface area contributed by atoms with Crippen LogP contribution in [0.1, 0.15) is 19.8 Å². The van der Waals surface area contributed by atoms with Gasteiger partial charge in [0.25, 0.3) is 0 Å². The molecule has 7 heavy (non-hydrogen) atoms. The minimum atomic E-state index is -0.764. The van der Waals surface area contributed by atoms with E-state index in [4.69, 9.17) is 10.2 Å². The van der Waals surface area contributed by atoms with Crippen LogP contribution in [0, 0.1) is 0 Å². The van der Waals surface area contributed by atoms with Crippen molar-refractivity contribution in [2.45, 2.75) is 31.5 Å². The van der Waals surface area contributed by atoms with Gasteiger partial charge in [-0.3, -0.25) is 0 Å². The molecule has 1 aliphatic rings. The van der Waals surface area contributed by atoms with Gasteiger partial charge < -0.3 is 10.2 Å². The molecule has 42 valence electrons. The van der Waals surface area contributed by atoms with Gasteiger partial charge in [-0.25, -0.2) is 0 Å².